The summed E-state index contributed by atoms with van der Waals surface area (Å²) in [4.78, 5) is 0. The van der Waals surface area contributed by atoms with Crippen molar-refractivity contribution in [3.8, 4) is 0 Å². The van der Waals surface area contributed by atoms with Crippen molar-refractivity contribution in [3.63, 3.8) is 0 Å². The molecule has 0 aromatic heterocycles. The molecule has 2 aromatic carbocycles. The molecule has 82 valence electrons. The van der Waals surface area contributed by atoms with Gasteiger partial charge in [0.05, 0.1) is 0 Å². The molecule has 0 nitrogen and oxygen atoms in total. The molecular formula is C10H6Cl4Fe. The fourth-order valence-corrected chi connectivity index (χ4v) is 1.64. The molecule has 0 fully saturated rings. The van der Waals surface area contributed by atoms with Gasteiger partial charge in [0.2, 0.25) is 0 Å². The molecule has 0 heterocycles. The quantitative estimate of drug-likeness (QED) is 0.448. The number of rotatable bonds is 0. The van der Waals surface area contributed by atoms with Gasteiger partial charge in [-0.05, 0) is 10.0 Å². The topological polar surface area (TPSA) is 0 Å². The van der Waals surface area contributed by atoms with Crippen LogP contribution >= 0.6 is 46.4 Å². The molecule has 5 heteroatoms. The van der Waals surface area contributed by atoms with Crippen LogP contribution in [0, 0.1) is 0 Å². The zero-order chi connectivity index (χ0) is 10.6. The van der Waals surface area contributed by atoms with E-state index in [2.05, 4.69) is 0 Å². The van der Waals surface area contributed by atoms with Gasteiger partial charge in [-0.1, -0.05) is 10.0 Å². The SMILES string of the molecule is Clc1cc(Cl)[c-](Cl)c1Cl.[Fe+2].c1cc[cH-]c1. The maximum atomic E-state index is 5.55. The third kappa shape index (κ3) is 4.82. The van der Waals surface area contributed by atoms with Gasteiger partial charge in [0.25, 0.3) is 0 Å². The summed E-state index contributed by atoms with van der Waals surface area (Å²) in [5, 5.41) is 1.44. The molecule has 0 aliphatic rings. The average molecular weight is 324 g/mol. The first-order chi connectivity index (χ1) is 6.63. The molecule has 0 aliphatic heterocycles. The largest absolute Gasteiger partial charge is 2.00 e. The Kier molecular flexibility index (Phi) is 7.81. The molecule has 0 radical (unpaired) electrons. The zero-order valence-electron chi connectivity index (χ0n) is 7.33. The van der Waals surface area contributed by atoms with E-state index in [1.54, 1.807) is 0 Å². The summed E-state index contributed by atoms with van der Waals surface area (Å²) in [5.41, 5.74) is 0. The number of hydrogen-bond donors (Lipinski definition) is 0. The van der Waals surface area contributed by atoms with E-state index in [4.69, 9.17) is 46.4 Å². The van der Waals surface area contributed by atoms with Crippen molar-refractivity contribution in [1.29, 1.82) is 0 Å². The molecule has 0 unspecified atom stereocenters. The van der Waals surface area contributed by atoms with Crippen LogP contribution in [0.1, 0.15) is 0 Å². The minimum atomic E-state index is 0. The van der Waals surface area contributed by atoms with Gasteiger partial charge in [0.15, 0.2) is 0 Å². The smallest absolute Gasteiger partial charge is 0.214 e. The predicted octanol–water partition coefficient (Wildman–Crippen LogP) is 5.42. The van der Waals surface area contributed by atoms with Crippen molar-refractivity contribution >= 4 is 46.4 Å². The summed E-state index contributed by atoms with van der Waals surface area (Å²) in [7, 11) is 0. The van der Waals surface area contributed by atoms with Crippen LogP contribution in [0.15, 0.2) is 36.4 Å². The third-order valence-electron chi connectivity index (χ3n) is 1.42. The van der Waals surface area contributed by atoms with Crippen LogP contribution < -0.4 is 0 Å². The van der Waals surface area contributed by atoms with Crippen LogP contribution in [0.3, 0.4) is 0 Å². The van der Waals surface area contributed by atoms with Gasteiger partial charge in [-0.3, -0.25) is 0 Å². The van der Waals surface area contributed by atoms with Crippen molar-refractivity contribution in [2.75, 3.05) is 0 Å². The Morgan fingerprint density at radius 3 is 1.73 bits per heavy atom. The van der Waals surface area contributed by atoms with Crippen molar-refractivity contribution < 1.29 is 17.1 Å². The number of halogens is 4. The molecule has 0 bridgehead atoms. The number of hydrogen-bond acceptors (Lipinski definition) is 0. The van der Waals surface area contributed by atoms with Crippen molar-refractivity contribution in [1.82, 2.24) is 0 Å². The van der Waals surface area contributed by atoms with E-state index in [-0.39, 0.29) is 17.1 Å². The van der Waals surface area contributed by atoms with Gasteiger partial charge in [-0.15, -0.1) is 23.2 Å². The Balaban J connectivity index is 0.000000280. The maximum Gasteiger partial charge on any atom is 2.00 e. The molecule has 0 spiro atoms. The van der Waals surface area contributed by atoms with Crippen molar-refractivity contribution in [2.45, 2.75) is 0 Å². The van der Waals surface area contributed by atoms with Gasteiger partial charge in [0, 0.05) is 0 Å². The Hall–Kier alpha value is 0.379. The first-order valence-corrected chi connectivity index (χ1v) is 5.26. The Labute approximate surface area is 119 Å². The fraction of sp³-hybridized carbons (Fsp3) is 0. The molecule has 2 aromatic rings. The van der Waals surface area contributed by atoms with Crippen LogP contribution in [-0.4, -0.2) is 0 Å². The molecule has 0 N–H and O–H groups in total. The standard InChI is InChI=1S/C5HCl4.C5H5.Fe/c6-2-1-3(7)5(9)4(2)8;1-2-4-5-3-1;/h1H;1-5H;/q2*-1;+2. The van der Waals surface area contributed by atoms with E-state index < -0.39 is 0 Å². The molecule has 0 saturated heterocycles. The van der Waals surface area contributed by atoms with Crippen LogP contribution in [0.25, 0.3) is 0 Å². The molecule has 0 amide bonds. The minimum absolute atomic E-state index is 0. The first-order valence-electron chi connectivity index (χ1n) is 3.75. The normalized spacial score (nSPS) is 8.80. The Morgan fingerprint density at radius 2 is 1.60 bits per heavy atom. The van der Waals surface area contributed by atoms with Crippen LogP contribution in [0.5, 0.6) is 0 Å². The second kappa shape index (κ2) is 7.62. The average Bonchev–Trinajstić information content (AvgIpc) is 2.78. The van der Waals surface area contributed by atoms with Crippen LogP contribution in [0.4, 0.5) is 0 Å². The van der Waals surface area contributed by atoms with Gasteiger partial charge in [-0.25, -0.2) is 12.1 Å². The Bertz CT molecular complexity index is 339. The van der Waals surface area contributed by atoms with E-state index in [0.717, 1.165) is 0 Å². The summed E-state index contributed by atoms with van der Waals surface area (Å²) in [5.74, 6) is 0. The molecule has 0 atom stereocenters. The van der Waals surface area contributed by atoms with Gasteiger partial charge in [-0.2, -0.15) is 47.5 Å². The van der Waals surface area contributed by atoms with E-state index >= 15 is 0 Å². The first kappa shape index (κ1) is 15.4. The summed E-state index contributed by atoms with van der Waals surface area (Å²) in [6.07, 6.45) is 0. The molecule has 15 heavy (non-hydrogen) atoms. The van der Waals surface area contributed by atoms with Gasteiger partial charge in [0.1, 0.15) is 0 Å². The monoisotopic (exact) mass is 322 g/mol. The summed E-state index contributed by atoms with van der Waals surface area (Å²) >= 11 is 22.2. The second-order valence-electron chi connectivity index (χ2n) is 2.43. The summed E-state index contributed by atoms with van der Waals surface area (Å²) in [6, 6.07) is 11.5. The molecule has 2 rings (SSSR count). The van der Waals surface area contributed by atoms with E-state index in [0.29, 0.717) is 20.1 Å². The predicted molar refractivity (Wildman–Crippen MR) is 64.1 cm³/mol. The van der Waals surface area contributed by atoms with Gasteiger partial charge < -0.3 is 0 Å². The minimum Gasteiger partial charge on any atom is -0.214 e. The van der Waals surface area contributed by atoms with E-state index in [1.165, 1.54) is 6.07 Å². The fourth-order valence-electron chi connectivity index (χ4n) is 0.768. The maximum absolute atomic E-state index is 5.55. The Morgan fingerprint density at radius 1 is 1.07 bits per heavy atom. The van der Waals surface area contributed by atoms with Crippen LogP contribution in [0.2, 0.25) is 20.1 Å². The second-order valence-corrected chi connectivity index (χ2v) is 4.00. The zero-order valence-corrected chi connectivity index (χ0v) is 11.5. The molecular weight excluding hydrogens is 318 g/mol. The van der Waals surface area contributed by atoms with Gasteiger partial charge >= 0.3 is 17.1 Å². The summed E-state index contributed by atoms with van der Waals surface area (Å²) in [6.45, 7) is 0. The third-order valence-corrected chi connectivity index (χ3v) is 3.09. The molecule has 0 saturated carbocycles. The van der Waals surface area contributed by atoms with E-state index in [1.807, 2.05) is 30.3 Å². The van der Waals surface area contributed by atoms with Crippen molar-refractivity contribution in [3.05, 3.63) is 56.5 Å². The van der Waals surface area contributed by atoms with Crippen molar-refractivity contribution in [2.24, 2.45) is 0 Å². The summed E-state index contributed by atoms with van der Waals surface area (Å²) < 4.78 is 0. The molecule has 0 aliphatic carbocycles. The van der Waals surface area contributed by atoms with E-state index in [9.17, 15) is 0 Å². The van der Waals surface area contributed by atoms with Crippen LogP contribution in [-0.2, 0) is 17.1 Å².